The quantitative estimate of drug-likeness (QED) is 0.478. The summed E-state index contributed by atoms with van der Waals surface area (Å²) in [5.41, 5.74) is -0.886. The average molecular weight is 316 g/mol. The van der Waals surface area contributed by atoms with E-state index in [1.807, 2.05) is 20.8 Å². The molecular weight excluding hydrogens is 295 g/mol. The summed E-state index contributed by atoms with van der Waals surface area (Å²) in [6.45, 7) is 7.55. The van der Waals surface area contributed by atoms with Crippen molar-refractivity contribution in [3.8, 4) is 0 Å². The molecule has 5 nitrogen and oxygen atoms in total. The normalized spacial score (nSPS) is 14.8. The summed E-state index contributed by atoms with van der Waals surface area (Å²) in [6.07, 6.45) is 0.244. The van der Waals surface area contributed by atoms with E-state index in [9.17, 15) is 19.6 Å². The molecule has 0 fully saturated rings. The second-order valence-corrected chi connectivity index (χ2v) is 7.68. The van der Waals surface area contributed by atoms with Crippen LogP contribution in [0.4, 0.5) is 10.1 Å². The van der Waals surface area contributed by atoms with Gasteiger partial charge in [0.05, 0.1) is 10.5 Å². The number of aliphatic hydroxyl groups is 1. The van der Waals surface area contributed by atoms with Gasteiger partial charge in [-0.2, -0.15) is 0 Å². The third-order valence-corrected chi connectivity index (χ3v) is 4.11. The Kier molecular flexibility index (Phi) is 5.72. The first-order valence-electron chi connectivity index (χ1n) is 6.59. The Morgan fingerprint density at radius 1 is 1.38 bits per heavy atom. The topological polar surface area (TPSA) is 75.4 Å². The van der Waals surface area contributed by atoms with Crippen LogP contribution in [0.5, 0.6) is 0 Å². The lowest BCUT2D eigenvalue weighted by atomic mass is 9.89. The van der Waals surface area contributed by atoms with Crippen LogP contribution in [0.1, 0.15) is 39.7 Å². The zero-order valence-electron chi connectivity index (χ0n) is 12.6. The number of nitrogens with one attached hydrogen (secondary N) is 1. The Morgan fingerprint density at radius 2 is 2.00 bits per heavy atom. The zero-order valence-corrected chi connectivity index (χ0v) is 13.5. The van der Waals surface area contributed by atoms with E-state index in [2.05, 4.69) is 4.72 Å². The first-order valence-corrected chi connectivity index (χ1v) is 7.41. The standard InChI is InChI=1S/C14H21FN2O3S/c1-13(2,3)21-16-14(4,7-8-18)11-9-10(17(19)20)5-6-12(11)15/h5-6,9,16,18H,7-8H2,1-4H3/t14-/m0/s1. The lowest BCUT2D eigenvalue weighted by Crippen LogP contribution is -2.39. The minimum atomic E-state index is -0.900. The van der Waals surface area contributed by atoms with Crippen LogP contribution < -0.4 is 4.72 Å². The first kappa shape index (κ1) is 17.9. The van der Waals surface area contributed by atoms with Crippen molar-refractivity contribution in [3.63, 3.8) is 0 Å². The van der Waals surface area contributed by atoms with Gasteiger partial charge in [-0.3, -0.25) is 14.8 Å². The highest BCUT2D eigenvalue weighted by atomic mass is 32.2. The number of non-ortho nitro benzene ring substituents is 1. The van der Waals surface area contributed by atoms with Gasteiger partial charge in [0.15, 0.2) is 0 Å². The maximum Gasteiger partial charge on any atom is 0.269 e. The predicted octanol–water partition coefficient (Wildman–Crippen LogP) is 3.37. The van der Waals surface area contributed by atoms with Gasteiger partial charge in [0, 0.05) is 29.1 Å². The van der Waals surface area contributed by atoms with E-state index in [1.165, 1.54) is 18.0 Å². The van der Waals surface area contributed by atoms with Crippen LogP contribution in [-0.4, -0.2) is 21.4 Å². The monoisotopic (exact) mass is 316 g/mol. The molecule has 0 aromatic heterocycles. The molecular formula is C14H21FN2O3S. The van der Waals surface area contributed by atoms with Crippen molar-refractivity contribution >= 4 is 17.6 Å². The van der Waals surface area contributed by atoms with Crippen molar-refractivity contribution in [1.82, 2.24) is 4.72 Å². The van der Waals surface area contributed by atoms with Gasteiger partial charge < -0.3 is 5.11 Å². The molecule has 118 valence electrons. The van der Waals surface area contributed by atoms with Crippen LogP contribution in [-0.2, 0) is 5.54 Å². The van der Waals surface area contributed by atoms with Gasteiger partial charge in [-0.15, -0.1) is 0 Å². The minimum Gasteiger partial charge on any atom is -0.396 e. The van der Waals surface area contributed by atoms with Crippen molar-refractivity contribution in [2.45, 2.75) is 44.4 Å². The third-order valence-electron chi connectivity index (χ3n) is 2.95. The largest absolute Gasteiger partial charge is 0.396 e. The number of aliphatic hydroxyl groups excluding tert-OH is 1. The van der Waals surface area contributed by atoms with E-state index in [4.69, 9.17) is 0 Å². The third kappa shape index (κ3) is 4.94. The average Bonchev–Trinajstić information content (AvgIpc) is 2.36. The van der Waals surface area contributed by atoms with Gasteiger partial charge >= 0.3 is 0 Å². The van der Waals surface area contributed by atoms with Gasteiger partial charge in [-0.25, -0.2) is 4.39 Å². The highest BCUT2D eigenvalue weighted by Gasteiger charge is 2.32. The lowest BCUT2D eigenvalue weighted by Gasteiger charge is -2.33. The van der Waals surface area contributed by atoms with E-state index in [0.717, 1.165) is 12.1 Å². The number of hydrogen-bond donors (Lipinski definition) is 2. The van der Waals surface area contributed by atoms with E-state index in [0.29, 0.717) is 0 Å². The Hall–Kier alpha value is -1.18. The molecule has 0 aliphatic carbocycles. The van der Waals surface area contributed by atoms with Crippen molar-refractivity contribution in [2.24, 2.45) is 0 Å². The smallest absolute Gasteiger partial charge is 0.269 e. The Bertz CT molecular complexity index is 519. The van der Waals surface area contributed by atoms with Crippen LogP contribution in [0, 0.1) is 15.9 Å². The number of rotatable bonds is 6. The molecule has 0 radical (unpaired) electrons. The molecule has 1 rings (SSSR count). The van der Waals surface area contributed by atoms with Crippen molar-refractivity contribution in [1.29, 1.82) is 0 Å². The molecule has 21 heavy (non-hydrogen) atoms. The Balaban J connectivity index is 3.20. The van der Waals surface area contributed by atoms with Crippen LogP contribution >= 0.6 is 11.9 Å². The summed E-state index contributed by atoms with van der Waals surface area (Å²) in [5, 5.41) is 20.1. The van der Waals surface area contributed by atoms with Crippen LogP contribution in [0.15, 0.2) is 18.2 Å². The summed E-state index contributed by atoms with van der Waals surface area (Å²) in [5.74, 6) is -0.529. The summed E-state index contributed by atoms with van der Waals surface area (Å²) in [6, 6.07) is 3.45. The fourth-order valence-corrected chi connectivity index (χ4v) is 2.52. The van der Waals surface area contributed by atoms with Crippen LogP contribution in [0.25, 0.3) is 0 Å². The maximum atomic E-state index is 14.1. The number of nitro groups is 1. The molecule has 0 heterocycles. The lowest BCUT2D eigenvalue weighted by molar-refractivity contribution is -0.385. The summed E-state index contributed by atoms with van der Waals surface area (Å²) in [4.78, 5) is 10.3. The van der Waals surface area contributed by atoms with Crippen LogP contribution in [0.3, 0.4) is 0 Å². The molecule has 0 aliphatic heterocycles. The molecule has 1 aromatic rings. The molecule has 0 saturated heterocycles. The summed E-state index contributed by atoms with van der Waals surface area (Å²) in [7, 11) is 0. The second kappa shape index (κ2) is 6.72. The van der Waals surface area contributed by atoms with Gasteiger partial charge in [0.2, 0.25) is 0 Å². The fraction of sp³-hybridized carbons (Fsp3) is 0.571. The fourth-order valence-electron chi connectivity index (χ4n) is 1.78. The number of nitro benzene ring substituents is 1. The maximum absolute atomic E-state index is 14.1. The predicted molar refractivity (Wildman–Crippen MR) is 82.6 cm³/mol. The molecule has 2 N–H and O–H groups in total. The molecule has 0 amide bonds. The minimum absolute atomic E-state index is 0.117. The first-order chi connectivity index (χ1) is 9.59. The second-order valence-electron chi connectivity index (χ2n) is 6.04. The molecule has 1 aromatic carbocycles. The van der Waals surface area contributed by atoms with Crippen LogP contribution in [0.2, 0.25) is 0 Å². The van der Waals surface area contributed by atoms with Gasteiger partial charge in [0.25, 0.3) is 5.69 Å². The molecule has 0 bridgehead atoms. The molecule has 0 unspecified atom stereocenters. The van der Waals surface area contributed by atoms with E-state index in [1.54, 1.807) is 6.92 Å². The zero-order chi connectivity index (χ0) is 16.3. The van der Waals surface area contributed by atoms with Crippen molar-refractivity contribution < 1.29 is 14.4 Å². The van der Waals surface area contributed by atoms with E-state index in [-0.39, 0.29) is 29.0 Å². The van der Waals surface area contributed by atoms with Gasteiger partial charge in [-0.05, 0) is 40.2 Å². The van der Waals surface area contributed by atoms with E-state index >= 15 is 0 Å². The highest BCUT2D eigenvalue weighted by molar-refractivity contribution is 7.98. The molecule has 1 atom stereocenters. The molecule has 0 spiro atoms. The Morgan fingerprint density at radius 3 is 2.48 bits per heavy atom. The van der Waals surface area contributed by atoms with Crippen molar-refractivity contribution in [3.05, 3.63) is 39.7 Å². The SMILES string of the molecule is CC(C)(C)SN[C@@](C)(CCO)c1cc([N+](=O)[O-])ccc1F. The number of halogens is 1. The van der Waals surface area contributed by atoms with E-state index < -0.39 is 16.3 Å². The highest BCUT2D eigenvalue weighted by Crippen LogP contribution is 2.34. The molecule has 0 aliphatic rings. The Labute approximate surface area is 128 Å². The molecule has 7 heteroatoms. The number of nitrogens with zero attached hydrogens (tertiary/aromatic N) is 1. The summed E-state index contributed by atoms with van der Waals surface area (Å²) < 4.78 is 17.2. The number of hydrogen-bond acceptors (Lipinski definition) is 5. The van der Waals surface area contributed by atoms with Gasteiger partial charge in [0.1, 0.15) is 5.82 Å². The summed E-state index contributed by atoms with van der Waals surface area (Å²) >= 11 is 1.40. The van der Waals surface area contributed by atoms with Crippen molar-refractivity contribution in [2.75, 3.05) is 6.61 Å². The molecule has 0 saturated carbocycles. The number of benzene rings is 1. The van der Waals surface area contributed by atoms with Gasteiger partial charge in [-0.1, -0.05) is 11.9 Å².